The Kier molecular flexibility index (Phi) is 6.19. The Balaban J connectivity index is 1.54. The lowest BCUT2D eigenvalue weighted by atomic mass is 10.1. The highest BCUT2D eigenvalue weighted by Crippen LogP contribution is 2.27. The van der Waals surface area contributed by atoms with Gasteiger partial charge in [0.15, 0.2) is 5.13 Å². The summed E-state index contributed by atoms with van der Waals surface area (Å²) in [5, 5.41) is 6.34. The lowest BCUT2D eigenvalue weighted by molar-refractivity contribution is -0.121. The number of hydrogen-bond donors (Lipinski definition) is 2. The van der Waals surface area contributed by atoms with Gasteiger partial charge in [0.2, 0.25) is 11.8 Å². The van der Waals surface area contributed by atoms with Gasteiger partial charge < -0.3 is 10.6 Å². The number of thiazole rings is 1. The van der Waals surface area contributed by atoms with E-state index in [0.29, 0.717) is 11.6 Å². The lowest BCUT2D eigenvalue weighted by Crippen LogP contribution is -2.34. The number of anilines is 1. The third-order valence-corrected chi connectivity index (χ3v) is 5.15. The third kappa shape index (κ3) is 5.62. The molecule has 2 aromatic carbocycles. The highest BCUT2D eigenvalue weighted by Gasteiger charge is 2.11. The van der Waals surface area contributed by atoms with Crippen LogP contribution in [-0.2, 0) is 22.4 Å². The minimum absolute atomic E-state index is 0.0153. The summed E-state index contributed by atoms with van der Waals surface area (Å²) in [4.78, 5) is 27.9. The van der Waals surface area contributed by atoms with E-state index in [9.17, 15) is 9.59 Å². The molecule has 2 amide bonds. The number of aryl methyl sites for hydroxylation is 1. The van der Waals surface area contributed by atoms with Crippen LogP contribution >= 0.6 is 11.3 Å². The zero-order chi connectivity index (χ0) is 19.2. The van der Waals surface area contributed by atoms with E-state index in [4.69, 9.17) is 0 Å². The maximum Gasteiger partial charge on any atom is 0.224 e. The summed E-state index contributed by atoms with van der Waals surface area (Å²) in [6.45, 7) is 3.49. The van der Waals surface area contributed by atoms with Crippen LogP contribution in [0.1, 0.15) is 31.4 Å². The molecule has 1 heterocycles. The summed E-state index contributed by atoms with van der Waals surface area (Å²) >= 11 is 1.41. The van der Waals surface area contributed by atoms with Crippen molar-refractivity contribution in [2.75, 3.05) is 5.32 Å². The van der Waals surface area contributed by atoms with Gasteiger partial charge in [-0.15, -0.1) is 0 Å². The molecule has 0 bridgehead atoms. The summed E-state index contributed by atoms with van der Waals surface area (Å²) in [6, 6.07) is 16.2. The zero-order valence-electron chi connectivity index (χ0n) is 15.5. The molecule has 0 radical (unpaired) electrons. The second-order valence-electron chi connectivity index (χ2n) is 6.67. The van der Waals surface area contributed by atoms with E-state index in [0.717, 1.165) is 28.6 Å². The van der Waals surface area contributed by atoms with Gasteiger partial charge in [-0.25, -0.2) is 4.98 Å². The van der Waals surface area contributed by atoms with Crippen molar-refractivity contribution in [3.63, 3.8) is 0 Å². The largest absolute Gasteiger partial charge is 0.353 e. The van der Waals surface area contributed by atoms with Crippen LogP contribution in [0.5, 0.6) is 0 Å². The predicted molar refractivity (Wildman–Crippen MR) is 110 cm³/mol. The number of rotatable bonds is 7. The standard InChI is InChI=1S/C21H23N3O2S/c1-14(8-9-16-6-4-3-5-7-16)22-20(26)13-17-10-11-18-19(12-17)27-21(24-18)23-15(2)25/h3-7,10-12,14H,8-9,13H2,1-2H3,(H,22,26)(H,23,24,25)/t14-/m0/s1. The predicted octanol–water partition coefficient (Wildman–Crippen LogP) is 3.93. The average Bonchev–Trinajstić information content (AvgIpc) is 3.01. The Hall–Kier alpha value is -2.73. The number of aromatic nitrogens is 1. The Morgan fingerprint density at radius 3 is 2.63 bits per heavy atom. The van der Waals surface area contributed by atoms with Gasteiger partial charge >= 0.3 is 0 Å². The highest BCUT2D eigenvalue weighted by molar-refractivity contribution is 7.22. The first-order chi connectivity index (χ1) is 13.0. The molecule has 0 saturated carbocycles. The SMILES string of the molecule is CC(=O)Nc1nc2ccc(CC(=O)N[C@@H](C)CCc3ccccc3)cc2s1. The van der Waals surface area contributed by atoms with Gasteiger partial charge in [-0.05, 0) is 43.0 Å². The first kappa shape index (κ1) is 19.0. The van der Waals surface area contributed by atoms with Crippen molar-refractivity contribution in [2.45, 2.75) is 39.2 Å². The average molecular weight is 382 g/mol. The van der Waals surface area contributed by atoms with Crippen molar-refractivity contribution in [2.24, 2.45) is 0 Å². The molecule has 1 aromatic heterocycles. The fourth-order valence-electron chi connectivity index (χ4n) is 2.89. The van der Waals surface area contributed by atoms with E-state index in [1.165, 1.54) is 23.8 Å². The molecule has 140 valence electrons. The first-order valence-corrected chi connectivity index (χ1v) is 9.81. The normalized spacial score (nSPS) is 11.9. The van der Waals surface area contributed by atoms with Crippen LogP contribution in [0.15, 0.2) is 48.5 Å². The molecule has 1 atom stereocenters. The second-order valence-corrected chi connectivity index (χ2v) is 7.70. The minimum atomic E-state index is -0.141. The number of nitrogens with one attached hydrogen (secondary N) is 2. The van der Waals surface area contributed by atoms with Gasteiger partial charge in [0, 0.05) is 13.0 Å². The van der Waals surface area contributed by atoms with E-state index < -0.39 is 0 Å². The molecule has 5 nitrogen and oxygen atoms in total. The van der Waals surface area contributed by atoms with E-state index in [-0.39, 0.29) is 17.9 Å². The number of carbonyl (C=O) groups is 2. The molecule has 0 aliphatic rings. The minimum Gasteiger partial charge on any atom is -0.353 e. The van der Waals surface area contributed by atoms with Crippen molar-refractivity contribution in [1.29, 1.82) is 0 Å². The molecule has 0 aliphatic heterocycles. The fraction of sp³-hybridized carbons (Fsp3) is 0.286. The van der Waals surface area contributed by atoms with Gasteiger partial charge in [0.25, 0.3) is 0 Å². The third-order valence-electron chi connectivity index (χ3n) is 4.22. The number of fused-ring (bicyclic) bond motifs is 1. The van der Waals surface area contributed by atoms with E-state index in [1.807, 2.05) is 43.3 Å². The monoisotopic (exact) mass is 381 g/mol. The summed E-state index contributed by atoms with van der Waals surface area (Å²) in [5.41, 5.74) is 3.04. The van der Waals surface area contributed by atoms with Crippen LogP contribution in [-0.4, -0.2) is 22.8 Å². The maximum atomic E-state index is 12.3. The second kappa shape index (κ2) is 8.77. The summed E-state index contributed by atoms with van der Waals surface area (Å²) in [6.07, 6.45) is 2.18. The van der Waals surface area contributed by atoms with Gasteiger partial charge in [-0.3, -0.25) is 9.59 Å². The molecular weight excluding hydrogens is 358 g/mol. The van der Waals surface area contributed by atoms with Crippen molar-refractivity contribution >= 4 is 38.5 Å². The molecule has 27 heavy (non-hydrogen) atoms. The van der Waals surface area contributed by atoms with Crippen molar-refractivity contribution in [3.8, 4) is 0 Å². The molecule has 0 saturated heterocycles. The van der Waals surface area contributed by atoms with E-state index in [1.54, 1.807) is 0 Å². The molecule has 0 unspecified atom stereocenters. The van der Waals surface area contributed by atoms with Gasteiger partial charge in [0.1, 0.15) is 0 Å². The van der Waals surface area contributed by atoms with Gasteiger partial charge in [-0.1, -0.05) is 47.7 Å². The molecule has 6 heteroatoms. The van der Waals surface area contributed by atoms with E-state index in [2.05, 4.69) is 27.8 Å². The number of nitrogens with zero attached hydrogens (tertiary/aromatic N) is 1. The number of carbonyl (C=O) groups excluding carboxylic acids is 2. The Morgan fingerprint density at radius 2 is 1.89 bits per heavy atom. The highest BCUT2D eigenvalue weighted by atomic mass is 32.1. The Morgan fingerprint density at radius 1 is 1.11 bits per heavy atom. The topological polar surface area (TPSA) is 71.1 Å². The molecule has 0 fully saturated rings. The summed E-state index contributed by atoms with van der Waals surface area (Å²) in [5.74, 6) is -0.125. The van der Waals surface area contributed by atoms with Crippen molar-refractivity contribution in [1.82, 2.24) is 10.3 Å². The van der Waals surface area contributed by atoms with Crippen LogP contribution in [0.2, 0.25) is 0 Å². The van der Waals surface area contributed by atoms with Crippen LogP contribution in [0.25, 0.3) is 10.2 Å². The Bertz CT molecular complexity index is 937. The Labute approximate surface area is 162 Å². The van der Waals surface area contributed by atoms with Gasteiger partial charge in [-0.2, -0.15) is 0 Å². The zero-order valence-corrected chi connectivity index (χ0v) is 16.3. The van der Waals surface area contributed by atoms with E-state index >= 15 is 0 Å². The number of hydrogen-bond acceptors (Lipinski definition) is 4. The number of benzene rings is 2. The summed E-state index contributed by atoms with van der Waals surface area (Å²) in [7, 11) is 0. The quantitative estimate of drug-likeness (QED) is 0.651. The molecule has 3 rings (SSSR count). The van der Waals surface area contributed by atoms with Crippen molar-refractivity contribution in [3.05, 3.63) is 59.7 Å². The first-order valence-electron chi connectivity index (χ1n) is 9.00. The lowest BCUT2D eigenvalue weighted by Gasteiger charge is -2.14. The smallest absolute Gasteiger partial charge is 0.224 e. The van der Waals surface area contributed by atoms with Gasteiger partial charge in [0.05, 0.1) is 16.6 Å². The molecule has 0 spiro atoms. The van der Waals surface area contributed by atoms with Crippen LogP contribution in [0.3, 0.4) is 0 Å². The number of amides is 2. The van der Waals surface area contributed by atoms with Crippen molar-refractivity contribution < 1.29 is 9.59 Å². The molecule has 3 aromatic rings. The van der Waals surface area contributed by atoms with Crippen LogP contribution in [0.4, 0.5) is 5.13 Å². The molecule has 2 N–H and O–H groups in total. The fourth-order valence-corrected chi connectivity index (χ4v) is 3.87. The molecular formula is C21H23N3O2S. The maximum absolute atomic E-state index is 12.3. The van der Waals surface area contributed by atoms with Crippen LogP contribution < -0.4 is 10.6 Å². The molecule has 0 aliphatic carbocycles. The summed E-state index contributed by atoms with van der Waals surface area (Å²) < 4.78 is 0.959. The van der Waals surface area contributed by atoms with Crippen LogP contribution in [0, 0.1) is 0 Å².